The number of rotatable bonds is 8. The van der Waals surface area contributed by atoms with Crippen molar-refractivity contribution in [2.75, 3.05) is 0 Å². The maximum atomic E-state index is 14.8. The number of alkyl halides is 2. The van der Waals surface area contributed by atoms with E-state index >= 15 is 0 Å². The summed E-state index contributed by atoms with van der Waals surface area (Å²) in [5.74, 6) is -7.35. The summed E-state index contributed by atoms with van der Waals surface area (Å²) in [7, 11) is 0. The van der Waals surface area contributed by atoms with Crippen molar-refractivity contribution in [1.29, 1.82) is 0 Å². The molecule has 1 aliphatic carbocycles. The number of ketones is 1. The number of aliphatic hydroxyl groups excluding tert-OH is 1. The van der Waals surface area contributed by atoms with Crippen molar-refractivity contribution in [2.45, 2.75) is 63.6 Å². The second-order valence-electron chi connectivity index (χ2n) is 10.2. The molecule has 5 nitrogen and oxygen atoms in total. The molecule has 1 heterocycles. The molecule has 1 aliphatic rings. The van der Waals surface area contributed by atoms with E-state index in [9.17, 15) is 27.9 Å². The average Bonchev–Trinajstić information content (AvgIpc) is 3.66. The van der Waals surface area contributed by atoms with E-state index in [4.69, 9.17) is 9.72 Å². The SMILES string of the molecule is CC(C)(C)OC(=O)CC(=O)C(F)(F)C(O)/C=C\c1c(C2CC2)nc2ccccc2c1-c1ccc(F)cc1. The number of hydrogen-bond donors (Lipinski definition) is 1. The number of ether oxygens (including phenoxy) is 1. The van der Waals surface area contributed by atoms with Gasteiger partial charge in [-0.3, -0.25) is 14.6 Å². The quantitative estimate of drug-likeness (QED) is 0.287. The Balaban J connectivity index is 1.72. The molecule has 0 spiro atoms. The summed E-state index contributed by atoms with van der Waals surface area (Å²) in [6.45, 7) is 4.66. The molecule has 1 fully saturated rings. The van der Waals surface area contributed by atoms with Crippen LogP contribution in [-0.2, 0) is 14.3 Å². The number of esters is 1. The second kappa shape index (κ2) is 10.1. The van der Waals surface area contributed by atoms with Crippen molar-refractivity contribution in [3.8, 4) is 11.1 Å². The van der Waals surface area contributed by atoms with Crippen LogP contribution >= 0.6 is 0 Å². The average molecular weight is 512 g/mol. The zero-order valence-electron chi connectivity index (χ0n) is 20.8. The van der Waals surface area contributed by atoms with Crippen molar-refractivity contribution in [2.24, 2.45) is 0 Å². The third kappa shape index (κ3) is 6.07. The highest BCUT2D eigenvalue weighted by molar-refractivity contribution is 6.01. The van der Waals surface area contributed by atoms with E-state index < -0.39 is 41.6 Å². The van der Waals surface area contributed by atoms with E-state index in [0.29, 0.717) is 27.9 Å². The van der Waals surface area contributed by atoms with Gasteiger partial charge in [0.05, 0.1) is 11.2 Å². The van der Waals surface area contributed by atoms with Crippen molar-refractivity contribution < 1.29 is 32.6 Å². The van der Waals surface area contributed by atoms with E-state index in [1.807, 2.05) is 24.3 Å². The van der Waals surface area contributed by atoms with Gasteiger partial charge in [0.2, 0.25) is 5.78 Å². The lowest BCUT2D eigenvalue weighted by atomic mass is 9.92. The van der Waals surface area contributed by atoms with Crippen LogP contribution in [0.1, 0.15) is 57.2 Å². The molecule has 1 aromatic heterocycles. The fourth-order valence-electron chi connectivity index (χ4n) is 4.11. The Hall–Kier alpha value is -3.52. The number of nitrogens with zero attached hydrogens (tertiary/aromatic N) is 1. The van der Waals surface area contributed by atoms with Gasteiger partial charge in [0.1, 0.15) is 23.9 Å². The molecule has 0 radical (unpaired) electrons. The van der Waals surface area contributed by atoms with Crippen molar-refractivity contribution in [3.05, 3.63) is 71.7 Å². The first-order valence-electron chi connectivity index (χ1n) is 12.0. The standard InChI is InChI=1S/C29H28F3NO4/c1-28(2,3)37-25(36)16-24(35)29(31,32)23(34)15-14-21-26(17-10-12-19(30)13-11-17)20-6-4-5-7-22(20)33-27(21)18-8-9-18/h4-7,10-15,18,23,34H,8-9,16H2,1-3H3/b15-14-. The van der Waals surface area contributed by atoms with Gasteiger partial charge >= 0.3 is 11.9 Å². The zero-order chi connectivity index (χ0) is 27.0. The Bertz CT molecular complexity index is 1360. The predicted octanol–water partition coefficient (Wildman–Crippen LogP) is 6.23. The normalized spacial score (nSPS) is 15.2. The van der Waals surface area contributed by atoms with Crippen LogP contribution in [0.4, 0.5) is 13.2 Å². The number of aliphatic hydroxyl groups is 1. The van der Waals surface area contributed by atoms with E-state index in [1.165, 1.54) is 18.2 Å². The third-order valence-electron chi connectivity index (χ3n) is 5.97. The number of Topliss-reactive ketones (excluding diaryl/α,β-unsaturated/α-hetero) is 1. The van der Waals surface area contributed by atoms with Gasteiger partial charge in [0.15, 0.2) is 0 Å². The molecular formula is C29H28F3NO4. The summed E-state index contributed by atoms with van der Waals surface area (Å²) in [4.78, 5) is 28.9. The maximum Gasteiger partial charge on any atom is 0.334 e. The number of carbonyl (C=O) groups is 2. The summed E-state index contributed by atoms with van der Waals surface area (Å²) in [5.41, 5.74) is 2.29. The number of benzene rings is 2. The van der Waals surface area contributed by atoms with E-state index in [1.54, 1.807) is 32.9 Å². The van der Waals surface area contributed by atoms with Gasteiger partial charge in [0.25, 0.3) is 0 Å². The number of hydrogen-bond acceptors (Lipinski definition) is 5. The minimum atomic E-state index is -4.21. The first-order chi connectivity index (χ1) is 17.4. The molecule has 0 amide bonds. The lowest BCUT2D eigenvalue weighted by Crippen LogP contribution is -2.42. The van der Waals surface area contributed by atoms with Crippen LogP contribution in [-0.4, -0.2) is 39.5 Å². The molecule has 1 unspecified atom stereocenters. The van der Waals surface area contributed by atoms with Gasteiger partial charge < -0.3 is 9.84 Å². The molecule has 1 atom stereocenters. The van der Waals surface area contributed by atoms with Crippen LogP contribution < -0.4 is 0 Å². The van der Waals surface area contributed by atoms with E-state index in [2.05, 4.69) is 0 Å². The summed E-state index contributed by atoms with van der Waals surface area (Å²) < 4.78 is 48.2. The zero-order valence-corrected chi connectivity index (χ0v) is 20.8. The molecule has 4 rings (SSSR count). The highest BCUT2D eigenvalue weighted by Crippen LogP contribution is 2.45. The molecule has 194 valence electrons. The first-order valence-corrected chi connectivity index (χ1v) is 12.0. The summed E-state index contributed by atoms with van der Waals surface area (Å²) in [5, 5.41) is 11.1. The monoisotopic (exact) mass is 511 g/mol. The fourth-order valence-corrected chi connectivity index (χ4v) is 4.11. The van der Waals surface area contributed by atoms with Crippen LogP contribution in [0.2, 0.25) is 0 Å². The van der Waals surface area contributed by atoms with Crippen LogP contribution in [0.3, 0.4) is 0 Å². The number of pyridine rings is 1. The van der Waals surface area contributed by atoms with Gasteiger partial charge in [-0.05, 0) is 63.5 Å². The van der Waals surface area contributed by atoms with Crippen LogP contribution in [0, 0.1) is 5.82 Å². The molecule has 0 saturated heterocycles. The summed E-state index contributed by atoms with van der Waals surface area (Å²) in [6, 6.07) is 13.2. The minimum Gasteiger partial charge on any atom is -0.460 e. The maximum absolute atomic E-state index is 14.8. The van der Waals surface area contributed by atoms with Crippen LogP contribution in [0.5, 0.6) is 0 Å². The topological polar surface area (TPSA) is 76.5 Å². The number of halogens is 3. The third-order valence-corrected chi connectivity index (χ3v) is 5.97. The largest absolute Gasteiger partial charge is 0.460 e. The second-order valence-corrected chi connectivity index (χ2v) is 10.2. The first kappa shape index (κ1) is 26.5. The fraction of sp³-hybridized carbons (Fsp3) is 0.345. The van der Waals surface area contributed by atoms with Crippen LogP contribution in [0.25, 0.3) is 28.1 Å². The highest BCUT2D eigenvalue weighted by atomic mass is 19.3. The smallest absolute Gasteiger partial charge is 0.334 e. The Kier molecular flexibility index (Phi) is 7.24. The lowest BCUT2D eigenvalue weighted by molar-refractivity contribution is -0.166. The lowest BCUT2D eigenvalue weighted by Gasteiger charge is -2.22. The molecule has 0 aliphatic heterocycles. The molecule has 1 N–H and O–H groups in total. The molecule has 2 aromatic carbocycles. The van der Waals surface area contributed by atoms with Gasteiger partial charge in [0, 0.05) is 22.4 Å². The summed E-state index contributed by atoms with van der Waals surface area (Å²) >= 11 is 0. The Morgan fingerprint density at radius 3 is 2.38 bits per heavy atom. The number of fused-ring (bicyclic) bond motifs is 1. The number of para-hydroxylation sites is 1. The van der Waals surface area contributed by atoms with Crippen LogP contribution in [0.15, 0.2) is 54.6 Å². The van der Waals surface area contributed by atoms with Crippen molar-refractivity contribution in [3.63, 3.8) is 0 Å². The minimum absolute atomic E-state index is 0.120. The molecule has 3 aromatic rings. The number of carbonyl (C=O) groups excluding carboxylic acids is 2. The van der Waals surface area contributed by atoms with Gasteiger partial charge in [-0.1, -0.05) is 36.4 Å². The summed E-state index contributed by atoms with van der Waals surface area (Å²) in [6.07, 6.45) is 0.287. The van der Waals surface area contributed by atoms with Crippen molar-refractivity contribution >= 4 is 28.7 Å². The molecule has 1 saturated carbocycles. The Morgan fingerprint density at radius 2 is 1.76 bits per heavy atom. The molecular weight excluding hydrogens is 483 g/mol. The highest BCUT2D eigenvalue weighted by Gasteiger charge is 2.46. The van der Waals surface area contributed by atoms with Gasteiger partial charge in [-0.25, -0.2) is 4.39 Å². The van der Waals surface area contributed by atoms with Crippen molar-refractivity contribution in [1.82, 2.24) is 4.98 Å². The van der Waals surface area contributed by atoms with E-state index in [-0.39, 0.29) is 5.92 Å². The van der Waals surface area contributed by atoms with E-state index in [0.717, 1.165) is 24.3 Å². The molecule has 0 bridgehead atoms. The van der Waals surface area contributed by atoms with Gasteiger partial charge in [-0.2, -0.15) is 8.78 Å². The molecule has 37 heavy (non-hydrogen) atoms. The Morgan fingerprint density at radius 1 is 1.11 bits per heavy atom. The predicted molar refractivity (Wildman–Crippen MR) is 135 cm³/mol. The Labute approximate surface area is 213 Å². The molecule has 8 heteroatoms. The number of aromatic nitrogens is 1. The van der Waals surface area contributed by atoms with Gasteiger partial charge in [-0.15, -0.1) is 0 Å².